The van der Waals surface area contributed by atoms with Crippen LogP contribution >= 0.6 is 0 Å². The molecule has 0 atom stereocenters. The fourth-order valence-corrected chi connectivity index (χ4v) is 5.68. The van der Waals surface area contributed by atoms with Gasteiger partial charge in [0.15, 0.2) is 0 Å². The smallest absolute Gasteiger partial charge is 0.317 e. The Balaban J connectivity index is 1.65. The van der Waals surface area contributed by atoms with E-state index in [2.05, 4.69) is 19.1 Å². The van der Waals surface area contributed by atoms with Crippen LogP contribution in [0.1, 0.15) is 114 Å². The first-order valence-corrected chi connectivity index (χ1v) is 12.2. The number of nitrogens with zero attached hydrogens (tertiary/aromatic N) is 2. The minimum Gasteiger partial charge on any atom is -0.425 e. The first kappa shape index (κ1) is 23.3. The quantitative estimate of drug-likeness (QED) is 0.232. The average Bonchev–Trinajstić information content (AvgIpc) is 2.80. The van der Waals surface area contributed by atoms with Crippen LogP contribution in [0, 0.1) is 33.5 Å². The first-order valence-electron chi connectivity index (χ1n) is 12.2. The van der Waals surface area contributed by atoms with Crippen LogP contribution in [0.2, 0.25) is 0 Å². The summed E-state index contributed by atoms with van der Waals surface area (Å²) in [5.41, 5.74) is 1.42. The predicted octanol–water partition coefficient (Wildman–Crippen LogP) is 6.99. The molecule has 4 nitrogen and oxygen atoms in total. The van der Waals surface area contributed by atoms with E-state index in [0.29, 0.717) is 11.0 Å². The molecule has 1 aromatic rings. The predicted molar refractivity (Wildman–Crippen MR) is 121 cm³/mol. The van der Waals surface area contributed by atoms with E-state index in [4.69, 9.17) is 4.74 Å². The zero-order chi connectivity index (χ0) is 22.3. The summed E-state index contributed by atoms with van der Waals surface area (Å²) in [6, 6.07) is 7.78. The monoisotopic (exact) mass is 420 g/mol. The number of aryl methyl sites for hydroxylation is 1. The Morgan fingerprint density at radius 2 is 1.55 bits per heavy atom. The lowest BCUT2D eigenvalue weighted by Gasteiger charge is -2.52. The standard InChI is InChI=1S/C27H36N2O2/c1-3-5-6-7-8-12-26-13-16-27(17-14-26,18-15-26)25(30)31-24-11-10-21(9-4-2)22(19-28)23(24)20-29/h10-11H,3-9,12-18H2,1-2H3. The number of hydrogen-bond acceptors (Lipinski definition) is 4. The lowest BCUT2D eigenvalue weighted by molar-refractivity contribution is -0.156. The van der Waals surface area contributed by atoms with Crippen molar-refractivity contribution in [2.24, 2.45) is 10.8 Å². The van der Waals surface area contributed by atoms with Crippen molar-refractivity contribution in [1.29, 1.82) is 10.5 Å². The second kappa shape index (κ2) is 10.3. The van der Waals surface area contributed by atoms with Gasteiger partial charge in [0.1, 0.15) is 23.5 Å². The molecule has 0 radical (unpaired) electrons. The van der Waals surface area contributed by atoms with E-state index in [9.17, 15) is 15.3 Å². The maximum atomic E-state index is 13.2. The molecule has 0 aliphatic heterocycles. The summed E-state index contributed by atoms with van der Waals surface area (Å²) in [5, 5.41) is 19.2. The fourth-order valence-electron chi connectivity index (χ4n) is 5.68. The molecule has 0 amide bonds. The van der Waals surface area contributed by atoms with Crippen LogP contribution in [0.4, 0.5) is 0 Å². The van der Waals surface area contributed by atoms with Crippen LogP contribution in [0.25, 0.3) is 0 Å². The van der Waals surface area contributed by atoms with Gasteiger partial charge in [-0.15, -0.1) is 0 Å². The van der Waals surface area contributed by atoms with E-state index in [1.807, 2.05) is 13.0 Å². The second-order valence-corrected chi connectivity index (χ2v) is 9.78. The molecule has 166 valence electrons. The number of hydrogen-bond donors (Lipinski definition) is 0. The van der Waals surface area contributed by atoms with Crippen LogP contribution in [-0.2, 0) is 11.2 Å². The Bertz CT molecular complexity index is 850. The number of carbonyl (C=O) groups excluding carboxylic acids is 1. The van der Waals surface area contributed by atoms with Gasteiger partial charge in [0, 0.05) is 0 Å². The second-order valence-electron chi connectivity index (χ2n) is 9.78. The van der Waals surface area contributed by atoms with Gasteiger partial charge in [-0.25, -0.2) is 0 Å². The molecule has 0 saturated heterocycles. The third-order valence-corrected chi connectivity index (χ3v) is 7.84. The maximum absolute atomic E-state index is 13.2. The van der Waals surface area contributed by atoms with Gasteiger partial charge in [0.2, 0.25) is 0 Å². The molecular weight excluding hydrogens is 384 g/mol. The molecule has 0 unspecified atom stereocenters. The van der Waals surface area contributed by atoms with E-state index in [-0.39, 0.29) is 17.3 Å². The van der Waals surface area contributed by atoms with Crippen molar-refractivity contribution in [3.8, 4) is 17.9 Å². The lowest BCUT2D eigenvalue weighted by atomic mass is 9.52. The summed E-state index contributed by atoms with van der Waals surface area (Å²) < 4.78 is 5.82. The largest absolute Gasteiger partial charge is 0.425 e. The summed E-state index contributed by atoms with van der Waals surface area (Å²) in [6.45, 7) is 4.29. The summed E-state index contributed by atoms with van der Waals surface area (Å²) in [4.78, 5) is 13.2. The molecule has 4 heteroatoms. The summed E-state index contributed by atoms with van der Waals surface area (Å²) in [7, 11) is 0. The third-order valence-electron chi connectivity index (χ3n) is 7.84. The molecule has 3 aliphatic carbocycles. The zero-order valence-electron chi connectivity index (χ0n) is 19.3. The van der Waals surface area contributed by atoms with Gasteiger partial charge in [-0.05, 0) is 68.4 Å². The number of unbranched alkanes of at least 4 members (excludes halogenated alkanes) is 4. The lowest BCUT2D eigenvalue weighted by Crippen LogP contribution is -2.47. The molecule has 0 aromatic heterocycles. The van der Waals surface area contributed by atoms with E-state index < -0.39 is 5.41 Å². The van der Waals surface area contributed by atoms with Crippen LogP contribution < -0.4 is 4.74 Å². The fraction of sp³-hybridized carbons (Fsp3) is 0.667. The van der Waals surface area contributed by atoms with Crippen molar-refractivity contribution < 1.29 is 9.53 Å². The highest BCUT2D eigenvalue weighted by molar-refractivity contribution is 5.80. The van der Waals surface area contributed by atoms with Gasteiger partial charge in [0.05, 0.1) is 11.0 Å². The highest BCUT2D eigenvalue weighted by atomic mass is 16.5. The molecule has 1 aromatic carbocycles. The van der Waals surface area contributed by atoms with E-state index in [0.717, 1.165) is 56.9 Å². The van der Waals surface area contributed by atoms with Gasteiger partial charge in [0.25, 0.3) is 0 Å². The molecule has 0 spiro atoms. The van der Waals surface area contributed by atoms with Crippen molar-refractivity contribution in [2.75, 3.05) is 0 Å². The van der Waals surface area contributed by atoms with Crippen molar-refractivity contribution in [1.82, 2.24) is 0 Å². The summed E-state index contributed by atoms with van der Waals surface area (Å²) >= 11 is 0. The Hall–Kier alpha value is -2.33. The summed E-state index contributed by atoms with van der Waals surface area (Å²) in [5.74, 6) is 0.0454. The molecule has 0 heterocycles. The summed E-state index contributed by atoms with van der Waals surface area (Å²) in [6.07, 6.45) is 15.5. The van der Waals surface area contributed by atoms with E-state index >= 15 is 0 Å². The van der Waals surface area contributed by atoms with Crippen LogP contribution in [0.15, 0.2) is 12.1 Å². The van der Waals surface area contributed by atoms with Crippen LogP contribution in [-0.4, -0.2) is 5.97 Å². The number of carbonyl (C=O) groups is 1. The SMILES string of the molecule is CCCCCCCC12CCC(C(=O)Oc3ccc(CCC)c(C#N)c3C#N)(CC1)CC2. The highest BCUT2D eigenvalue weighted by Gasteiger charge is 2.53. The molecule has 4 rings (SSSR count). The van der Waals surface area contributed by atoms with Gasteiger partial charge in [-0.1, -0.05) is 58.4 Å². The number of ether oxygens (including phenoxy) is 1. The van der Waals surface area contributed by atoms with Crippen molar-refractivity contribution in [2.45, 2.75) is 104 Å². The molecule has 0 N–H and O–H groups in total. The molecule has 2 bridgehead atoms. The average molecular weight is 421 g/mol. The molecule has 3 aliphatic rings. The molecule has 3 saturated carbocycles. The van der Waals surface area contributed by atoms with Crippen molar-refractivity contribution >= 4 is 5.97 Å². The van der Waals surface area contributed by atoms with E-state index in [1.54, 1.807) is 6.07 Å². The number of rotatable bonds is 10. The molecule has 31 heavy (non-hydrogen) atoms. The molecular formula is C27H36N2O2. The normalized spacial score (nSPS) is 24.4. The third kappa shape index (κ3) is 4.95. The Kier molecular flexibility index (Phi) is 7.77. The van der Waals surface area contributed by atoms with Crippen LogP contribution in [0.5, 0.6) is 5.75 Å². The highest BCUT2D eigenvalue weighted by Crippen LogP contribution is 2.59. The van der Waals surface area contributed by atoms with Gasteiger partial charge < -0.3 is 4.74 Å². The van der Waals surface area contributed by atoms with Gasteiger partial charge in [-0.3, -0.25) is 4.79 Å². The molecule has 3 fully saturated rings. The topological polar surface area (TPSA) is 73.9 Å². The Morgan fingerprint density at radius 3 is 2.13 bits per heavy atom. The number of nitriles is 2. The van der Waals surface area contributed by atoms with Gasteiger partial charge in [-0.2, -0.15) is 10.5 Å². The minimum atomic E-state index is -0.411. The minimum absolute atomic E-state index is 0.200. The number of esters is 1. The van der Waals surface area contributed by atoms with Crippen LogP contribution in [0.3, 0.4) is 0 Å². The van der Waals surface area contributed by atoms with Crippen molar-refractivity contribution in [3.63, 3.8) is 0 Å². The zero-order valence-corrected chi connectivity index (χ0v) is 19.3. The number of fused-ring (bicyclic) bond motifs is 3. The number of benzene rings is 1. The van der Waals surface area contributed by atoms with Crippen molar-refractivity contribution in [3.05, 3.63) is 28.8 Å². The Morgan fingerprint density at radius 1 is 0.903 bits per heavy atom. The maximum Gasteiger partial charge on any atom is 0.317 e. The first-order chi connectivity index (χ1) is 15.0. The van der Waals surface area contributed by atoms with E-state index in [1.165, 1.54) is 38.5 Å². The Labute approximate surface area is 187 Å². The van der Waals surface area contributed by atoms with Gasteiger partial charge >= 0.3 is 5.97 Å².